The van der Waals surface area contributed by atoms with E-state index in [9.17, 15) is 0 Å². The number of fused-ring (bicyclic) bond motifs is 1. The molecule has 1 nitrogen and oxygen atoms in total. The van der Waals surface area contributed by atoms with Crippen LogP contribution in [0.2, 0.25) is 0 Å². The van der Waals surface area contributed by atoms with E-state index in [0.717, 1.165) is 15.8 Å². The van der Waals surface area contributed by atoms with Gasteiger partial charge in [0, 0.05) is 9.86 Å². The largest absolute Gasteiger partial charge is 0.461 e. The fourth-order valence-corrected chi connectivity index (χ4v) is 1.66. The van der Waals surface area contributed by atoms with Crippen LogP contribution in [0.1, 0.15) is 11.3 Å². The van der Waals surface area contributed by atoms with E-state index < -0.39 is 0 Å². The Morgan fingerprint density at radius 1 is 1.25 bits per heavy atom. The van der Waals surface area contributed by atoms with Gasteiger partial charge in [0.1, 0.15) is 11.3 Å². The predicted molar refractivity (Wildman–Crippen MR) is 53.4 cm³/mol. The summed E-state index contributed by atoms with van der Waals surface area (Å²) in [4.78, 5) is 0. The van der Waals surface area contributed by atoms with Crippen LogP contribution >= 0.6 is 15.9 Å². The smallest absolute Gasteiger partial charge is 0.135 e. The Morgan fingerprint density at radius 3 is 2.75 bits per heavy atom. The first-order chi connectivity index (χ1) is 5.68. The molecular weight excluding hydrogens is 216 g/mol. The highest BCUT2D eigenvalue weighted by atomic mass is 79.9. The van der Waals surface area contributed by atoms with E-state index in [1.165, 1.54) is 10.9 Å². The van der Waals surface area contributed by atoms with Crippen molar-refractivity contribution < 1.29 is 4.42 Å². The lowest BCUT2D eigenvalue weighted by molar-refractivity contribution is 0.575. The number of furan rings is 1. The third kappa shape index (κ3) is 1.07. The molecule has 0 saturated heterocycles. The fourth-order valence-electron chi connectivity index (χ4n) is 1.32. The molecule has 0 amide bonds. The average Bonchev–Trinajstić information content (AvgIpc) is 2.28. The summed E-state index contributed by atoms with van der Waals surface area (Å²) in [5.74, 6) is 1.00. The lowest BCUT2D eigenvalue weighted by atomic mass is 10.2. The molecular formula is C10H9BrO. The number of rotatable bonds is 0. The minimum atomic E-state index is 0.958. The van der Waals surface area contributed by atoms with Gasteiger partial charge >= 0.3 is 0 Å². The summed E-state index contributed by atoms with van der Waals surface area (Å²) in [5, 5.41) is 1.20. The van der Waals surface area contributed by atoms with Gasteiger partial charge in [-0.15, -0.1) is 0 Å². The molecule has 0 aliphatic carbocycles. The van der Waals surface area contributed by atoms with Crippen molar-refractivity contribution in [1.29, 1.82) is 0 Å². The fraction of sp³-hybridized carbons (Fsp3) is 0.200. The maximum atomic E-state index is 5.55. The molecule has 0 fully saturated rings. The zero-order valence-electron chi connectivity index (χ0n) is 7.02. The maximum absolute atomic E-state index is 5.55. The Labute approximate surface area is 79.5 Å². The molecule has 1 aromatic carbocycles. The number of hydrogen-bond donors (Lipinski definition) is 0. The molecule has 2 heteroatoms. The second-order valence-electron chi connectivity index (χ2n) is 2.92. The van der Waals surface area contributed by atoms with Crippen molar-refractivity contribution >= 4 is 26.9 Å². The van der Waals surface area contributed by atoms with Gasteiger partial charge in [-0.1, -0.05) is 15.9 Å². The lowest BCUT2D eigenvalue weighted by Crippen LogP contribution is -1.69. The molecule has 0 aliphatic heterocycles. The molecule has 0 bridgehead atoms. The molecule has 0 atom stereocenters. The van der Waals surface area contributed by atoms with E-state index >= 15 is 0 Å². The van der Waals surface area contributed by atoms with Gasteiger partial charge in [0.05, 0.1) is 0 Å². The molecule has 62 valence electrons. The SMILES string of the molecule is Cc1oc2cc(Br)ccc2c1C. The first-order valence-electron chi connectivity index (χ1n) is 3.84. The zero-order valence-corrected chi connectivity index (χ0v) is 8.60. The summed E-state index contributed by atoms with van der Waals surface area (Å²) in [5.41, 5.74) is 2.19. The summed E-state index contributed by atoms with van der Waals surface area (Å²) in [6, 6.07) is 6.10. The van der Waals surface area contributed by atoms with Crippen LogP contribution in [0.25, 0.3) is 11.0 Å². The second kappa shape index (κ2) is 2.63. The molecule has 1 aromatic heterocycles. The Bertz CT molecular complexity index is 429. The second-order valence-corrected chi connectivity index (χ2v) is 3.84. The first-order valence-corrected chi connectivity index (χ1v) is 4.63. The van der Waals surface area contributed by atoms with E-state index in [4.69, 9.17) is 4.42 Å². The third-order valence-electron chi connectivity index (χ3n) is 2.14. The monoisotopic (exact) mass is 224 g/mol. The highest BCUT2D eigenvalue weighted by Crippen LogP contribution is 2.26. The number of aryl methyl sites for hydroxylation is 2. The van der Waals surface area contributed by atoms with Gasteiger partial charge < -0.3 is 4.42 Å². The molecule has 12 heavy (non-hydrogen) atoms. The highest BCUT2D eigenvalue weighted by Gasteiger charge is 2.05. The summed E-state index contributed by atoms with van der Waals surface area (Å²) in [6.07, 6.45) is 0. The summed E-state index contributed by atoms with van der Waals surface area (Å²) < 4.78 is 6.61. The van der Waals surface area contributed by atoms with Crippen LogP contribution in [0.4, 0.5) is 0 Å². The van der Waals surface area contributed by atoms with Gasteiger partial charge in [-0.25, -0.2) is 0 Å². The van der Waals surface area contributed by atoms with E-state index in [1.54, 1.807) is 0 Å². The molecule has 1 heterocycles. The van der Waals surface area contributed by atoms with Gasteiger partial charge in [-0.2, -0.15) is 0 Å². The van der Waals surface area contributed by atoms with Crippen LogP contribution in [-0.4, -0.2) is 0 Å². The van der Waals surface area contributed by atoms with Crippen LogP contribution in [0.15, 0.2) is 27.1 Å². The van der Waals surface area contributed by atoms with Crippen molar-refractivity contribution in [2.45, 2.75) is 13.8 Å². The Morgan fingerprint density at radius 2 is 2.00 bits per heavy atom. The Balaban J connectivity index is 2.87. The van der Waals surface area contributed by atoms with Gasteiger partial charge in [0.25, 0.3) is 0 Å². The lowest BCUT2D eigenvalue weighted by Gasteiger charge is -1.89. The Kier molecular flexibility index (Phi) is 1.72. The van der Waals surface area contributed by atoms with Crippen LogP contribution in [0.3, 0.4) is 0 Å². The average molecular weight is 225 g/mol. The van der Waals surface area contributed by atoms with Gasteiger partial charge in [0.15, 0.2) is 0 Å². The van der Waals surface area contributed by atoms with E-state index in [2.05, 4.69) is 28.9 Å². The molecule has 0 radical (unpaired) electrons. The third-order valence-corrected chi connectivity index (χ3v) is 2.63. The zero-order chi connectivity index (χ0) is 8.72. The van der Waals surface area contributed by atoms with E-state index in [0.29, 0.717) is 0 Å². The van der Waals surface area contributed by atoms with E-state index in [1.807, 2.05) is 19.1 Å². The topological polar surface area (TPSA) is 13.1 Å². The molecule has 2 aromatic rings. The van der Waals surface area contributed by atoms with Crippen molar-refractivity contribution in [2.75, 3.05) is 0 Å². The Hall–Kier alpha value is -0.760. The molecule has 2 rings (SSSR count). The highest BCUT2D eigenvalue weighted by molar-refractivity contribution is 9.10. The minimum Gasteiger partial charge on any atom is -0.461 e. The van der Waals surface area contributed by atoms with Crippen LogP contribution in [0.5, 0.6) is 0 Å². The first kappa shape index (κ1) is 7.87. The van der Waals surface area contributed by atoms with E-state index in [-0.39, 0.29) is 0 Å². The van der Waals surface area contributed by atoms with Crippen molar-refractivity contribution in [2.24, 2.45) is 0 Å². The van der Waals surface area contributed by atoms with Crippen molar-refractivity contribution in [3.63, 3.8) is 0 Å². The maximum Gasteiger partial charge on any atom is 0.135 e. The van der Waals surface area contributed by atoms with Crippen LogP contribution < -0.4 is 0 Å². The number of halogens is 1. The molecule has 0 unspecified atom stereocenters. The van der Waals surface area contributed by atoms with Crippen molar-refractivity contribution in [3.05, 3.63) is 34.0 Å². The van der Waals surface area contributed by atoms with Gasteiger partial charge in [-0.3, -0.25) is 0 Å². The number of hydrogen-bond acceptors (Lipinski definition) is 1. The quantitative estimate of drug-likeness (QED) is 0.664. The van der Waals surface area contributed by atoms with Crippen LogP contribution in [0, 0.1) is 13.8 Å². The summed E-state index contributed by atoms with van der Waals surface area (Å²) in [6.45, 7) is 4.07. The predicted octanol–water partition coefficient (Wildman–Crippen LogP) is 3.81. The summed E-state index contributed by atoms with van der Waals surface area (Å²) >= 11 is 3.41. The molecule has 0 spiro atoms. The summed E-state index contributed by atoms with van der Waals surface area (Å²) in [7, 11) is 0. The van der Waals surface area contributed by atoms with Crippen molar-refractivity contribution in [1.82, 2.24) is 0 Å². The minimum absolute atomic E-state index is 0.958. The molecule has 0 saturated carbocycles. The van der Waals surface area contributed by atoms with Crippen molar-refractivity contribution in [3.8, 4) is 0 Å². The van der Waals surface area contributed by atoms with Crippen LogP contribution in [-0.2, 0) is 0 Å². The normalized spacial score (nSPS) is 10.9. The number of benzene rings is 1. The van der Waals surface area contributed by atoms with Gasteiger partial charge in [-0.05, 0) is 37.6 Å². The standard InChI is InChI=1S/C10H9BrO/c1-6-7(2)12-10-5-8(11)3-4-9(6)10/h3-5H,1-2H3. The molecule has 0 N–H and O–H groups in total. The van der Waals surface area contributed by atoms with Gasteiger partial charge in [0.2, 0.25) is 0 Å². The molecule has 0 aliphatic rings.